The summed E-state index contributed by atoms with van der Waals surface area (Å²) in [7, 11) is 2.79. The van der Waals surface area contributed by atoms with Gasteiger partial charge in [0, 0.05) is 40.9 Å². The lowest BCUT2D eigenvalue weighted by molar-refractivity contribution is 0.135. The molecule has 0 saturated carbocycles. The second-order valence-electron chi connectivity index (χ2n) is 10.7. The van der Waals surface area contributed by atoms with Crippen molar-refractivity contribution in [1.29, 1.82) is 5.26 Å². The molecule has 0 amide bonds. The topological polar surface area (TPSA) is 101 Å². The number of hydrogen-bond donors (Lipinski definition) is 1. The van der Waals surface area contributed by atoms with Crippen molar-refractivity contribution in [3.05, 3.63) is 34.9 Å². The van der Waals surface area contributed by atoms with Crippen LogP contribution in [0.1, 0.15) is 83.4 Å². The van der Waals surface area contributed by atoms with E-state index in [2.05, 4.69) is 64.8 Å². The second-order valence-corrected chi connectivity index (χ2v) is 12.3. The Morgan fingerprint density at radius 1 is 1.17 bits per heavy atom. The predicted octanol–water partition coefficient (Wildman–Crippen LogP) is 7.49. The van der Waals surface area contributed by atoms with Crippen LogP contribution < -0.4 is 15.9 Å². The Bertz CT molecular complexity index is 1580. The molecule has 3 aromatic heterocycles. The van der Waals surface area contributed by atoms with E-state index in [-0.39, 0.29) is 10.6 Å². The minimum absolute atomic E-state index is 0.253. The maximum Gasteiger partial charge on any atom is 0.225 e. The molecule has 1 unspecified atom stereocenters. The summed E-state index contributed by atoms with van der Waals surface area (Å²) < 4.78 is 20.8. The maximum atomic E-state index is 14.6. The molecule has 0 bridgehead atoms. The third-order valence-corrected chi connectivity index (χ3v) is 8.83. The van der Waals surface area contributed by atoms with Gasteiger partial charge >= 0.3 is 0 Å². The second kappa shape index (κ2) is 13.8. The number of nitrogens with two attached hydrogens (primary N) is 1. The average molecular weight is 595 g/mol. The molecule has 10 heteroatoms. The van der Waals surface area contributed by atoms with E-state index >= 15 is 0 Å². The maximum absolute atomic E-state index is 14.6. The quantitative estimate of drug-likeness (QED) is 0.244. The number of aromatic nitrogens is 3. The number of nitrogens with zero attached hydrogens (tertiary/aromatic N) is 5. The van der Waals surface area contributed by atoms with E-state index in [1.54, 1.807) is 0 Å². The van der Waals surface area contributed by atoms with Gasteiger partial charge in [-0.05, 0) is 23.5 Å². The molecular weight excluding hydrogens is 554 g/mol. The zero-order valence-electron chi connectivity index (χ0n) is 24.7. The Morgan fingerprint density at radius 3 is 2.49 bits per heavy atom. The number of hydrogen-bond acceptors (Lipinski definition) is 8. The summed E-state index contributed by atoms with van der Waals surface area (Å²) in [5.74, 6) is 0.822. The molecule has 4 aromatic rings. The average Bonchev–Trinajstić information content (AvgIpc) is 3.70. The molecule has 5 heterocycles. The molecule has 0 radical (unpaired) electrons. The number of rotatable bonds is 4. The van der Waals surface area contributed by atoms with Crippen LogP contribution in [-0.2, 0) is 18.0 Å². The van der Waals surface area contributed by atoms with E-state index in [0.29, 0.717) is 40.9 Å². The zero-order chi connectivity index (χ0) is 29.7. The zero-order valence-corrected chi connectivity index (χ0v) is 26.7. The molecule has 2 aliphatic heterocycles. The van der Waals surface area contributed by atoms with Gasteiger partial charge in [-0.3, -0.25) is 4.98 Å². The van der Waals surface area contributed by atoms with Gasteiger partial charge in [0.25, 0.3) is 0 Å². The van der Waals surface area contributed by atoms with Crippen LogP contribution in [0.15, 0.2) is 12.4 Å². The Balaban J connectivity index is 0.000000432. The highest BCUT2D eigenvalue weighted by atomic mass is 32.1. The van der Waals surface area contributed by atoms with Crippen LogP contribution in [-0.4, -0.2) is 28.0 Å². The van der Waals surface area contributed by atoms with Crippen molar-refractivity contribution in [2.45, 2.75) is 79.9 Å². The van der Waals surface area contributed by atoms with Gasteiger partial charge in [0.1, 0.15) is 11.1 Å². The molecule has 1 aromatic carbocycles. The molecule has 1 saturated heterocycles. The summed E-state index contributed by atoms with van der Waals surface area (Å²) in [6, 6.07) is 2.14. The standard InChI is InChI=1S/C23H20FN6OPS.C5H12.C3H8/c1-10-2-3-30(7-10)23-28-5-12-13-8-31-9-14(13)16(20(32)18(12)29-23)19-17-11(4-25)22(26)33-21(17)15(24)6-27-19;1-3-5-4-2;1-3-2/h5-6,10H,2-3,7-9,26,32H2,1H3;3-5H2,1-2H3;3H2,1-2H3/t10-;;/m0../s1. The third kappa shape index (κ3) is 6.16. The summed E-state index contributed by atoms with van der Waals surface area (Å²) in [6.07, 6.45) is 9.52. The van der Waals surface area contributed by atoms with E-state index < -0.39 is 5.82 Å². The molecule has 0 spiro atoms. The first-order valence-corrected chi connectivity index (χ1v) is 15.9. The van der Waals surface area contributed by atoms with E-state index in [1.807, 2.05) is 6.20 Å². The Kier molecular flexibility index (Phi) is 10.5. The van der Waals surface area contributed by atoms with Crippen molar-refractivity contribution in [2.75, 3.05) is 23.7 Å². The normalized spacial score (nSPS) is 15.8. The number of anilines is 2. The van der Waals surface area contributed by atoms with Crippen LogP contribution in [0.4, 0.5) is 15.3 Å². The van der Waals surface area contributed by atoms with Crippen LogP contribution in [0.3, 0.4) is 0 Å². The summed E-state index contributed by atoms with van der Waals surface area (Å²) in [6.45, 7) is 13.6. The number of pyridine rings is 1. The van der Waals surface area contributed by atoms with Gasteiger partial charge < -0.3 is 15.4 Å². The number of benzene rings is 1. The van der Waals surface area contributed by atoms with Crippen molar-refractivity contribution >= 4 is 57.8 Å². The molecule has 1 fully saturated rings. The van der Waals surface area contributed by atoms with E-state index in [0.717, 1.165) is 63.7 Å². The molecule has 41 heavy (non-hydrogen) atoms. The van der Waals surface area contributed by atoms with Gasteiger partial charge in [-0.1, -0.05) is 60.3 Å². The summed E-state index contributed by atoms with van der Waals surface area (Å²) >= 11 is 1.07. The number of fused-ring (bicyclic) bond motifs is 4. The number of nitrogen functional groups attached to an aromatic ring is 1. The van der Waals surface area contributed by atoms with Crippen molar-refractivity contribution in [3.63, 3.8) is 0 Å². The summed E-state index contributed by atoms with van der Waals surface area (Å²) in [5.41, 5.74) is 10.4. The van der Waals surface area contributed by atoms with Crippen LogP contribution in [0, 0.1) is 23.1 Å². The number of unbranched alkanes of at least 4 members (excludes halogenated alkanes) is 2. The summed E-state index contributed by atoms with van der Waals surface area (Å²) in [5, 5.41) is 12.3. The van der Waals surface area contributed by atoms with Gasteiger partial charge in [-0.2, -0.15) is 5.26 Å². The van der Waals surface area contributed by atoms with Crippen LogP contribution in [0.5, 0.6) is 0 Å². The fourth-order valence-corrected chi connectivity index (χ4v) is 6.70. The van der Waals surface area contributed by atoms with E-state index in [1.165, 1.54) is 31.9 Å². The smallest absolute Gasteiger partial charge is 0.225 e. The van der Waals surface area contributed by atoms with Crippen LogP contribution in [0.2, 0.25) is 0 Å². The lowest BCUT2D eigenvalue weighted by atomic mass is 9.94. The van der Waals surface area contributed by atoms with Gasteiger partial charge in [-0.25, -0.2) is 14.4 Å². The highest BCUT2D eigenvalue weighted by Crippen LogP contribution is 2.43. The van der Waals surface area contributed by atoms with Gasteiger partial charge in [0.15, 0.2) is 5.82 Å². The lowest BCUT2D eigenvalue weighted by Gasteiger charge is -2.19. The largest absolute Gasteiger partial charge is 0.389 e. The van der Waals surface area contributed by atoms with Crippen molar-refractivity contribution in [2.24, 2.45) is 5.92 Å². The van der Waals surface area contributed by atoms with Crippen molar-refractivity contribution in [1.82, 2.24) is 15.0 Å². The molecule has 6 rings (SSSR count). The molecule has 2 aliphatic rings. The number of halogens is 1. The fraction of sp³-hybridized carbons (Fsp3) is 0.484. The van der Waals surface area contributed by atoms with E-state index in [9.17, 15) is 9.65 Å². The van der Waals surface area contributed by atoms with Crippen LogP contribution >= 0.6 is 20.6 Å². The first-order valence-electron chi connectivity index (χ1n) is 14.5. The Hall–Kier alpha value is -2.92. The number of nitriles is 1. The number of ether oxygens (including phenoxy) is 1. The van der Waals surface area contributed by atoms with Crippen LogP contribution in [0.25, 0.3) is 32.2 Å². The highest BCUT2D eigenvalue weighted by molar-refractivity contribution is 7.29. The van der Waals surface area contributed by atoms with Gasteiger partial charge in [0.05, 0.1) is 40.9 Å². The molecule has 0 aliphatic carbocycles. The minimum atomic E-state index is -0.487. The highest BCUT2D eigenvalue weighted by Gasteiger charge is 2.29. The molecule has 2 N–H and O–H groups in total. The first-order chi connectivity index (χ1) is 19.8. The monoisotopic (exact) mass is 594 g/mol. The number of thiophene rings is 1. The molecule has 7 nitrogen and oxygen atoms in total. The third-order valence-electron chi connectivity index (χ3n) is 7.24. The molecular formula is C31H40FN6OPS. The first kappa shape index (κ1) is 31.0. The fourth-order valence-electron chi connectivity index (χ4n) is 5.25. The molecule has 2 atom stereocenters. The van der Waals surface area contributed by atoms with Crippen molar-refractivity contribution in [3.8, 4) is 17.3 Å². The molecule has 218 valence electrons. The van der Waals surface area contributed by atoms with E-state index in [4.69, 9.17) is 15.5 Å². The Labute approximate surface area is 248 Å². The van der Waals surface area contributed by atoms with Gasteiger partial charge in [-0.15, -0.1) is 20.6 Å². The predicted molar refractivity (Wildman–Crippen MR) is 172 cm³/mol. The lowest BCUT2D eigenvalue weighted by Crippen LogP contribution is -2.22. The van der Waals surface area contributed by atoms with Gasteiger partial charge in [0.2, 0.25) is 5.95 Å². The Morgan fingerprint density at radius 2 is 1.88 bits per heavy atom. The summed E-state index contributed by atoms with van der Waals surface area (Å²) in [4.78, 5) is 16.3. The SMILES string of the molecule is CCC.CCCCC.C[C@H]1CCN(c2ncc3c4c(c(-c5ncc(F)c6sc(N)c(C#N)c56)c(P)c3n2)COC4)C1. The minimum Gasteiger partial charge on any atom is -0.389 e. The van der Waals surface area contributed by atoms with Crippen molar-refractivity contribution < 1.29 is 9.13 Å².